The highest BCUT2D eigenvalue weighted by molar-refractivity contribution is 6.28. The highest BCUT2D eigenvalue weighted by atomic mass is 35.5. The van der Waals surface area contributed by atoms with Crippen LogP contribution in [0.1, 0.15) is 20.8 Å². The van der Waals surface area contributed by atoms with Gasteiger partial charge in [0.15, 0.2) is 0 Å². The van der Waals surface area contributed by atoms with Crippen molar-refractivity contribution in [3.8, 4) is 0 Å². The highest BCUT2D eigenvalue weighted by Crippen LogP contribution is 2.41. The van der Waals surface area contributed by atoms with Crippen molar-refractivity contribution in [1.82, 2.24) is 19.9 Å². The van der Waals surface area contributed by atoms with Gasteiger partial charge >= 0.3 is 6.09 Å². The third-order valence-corrected chi connectivity index (χ3v) is 3.75. The molecule has 2 fully saturated rings. The number of nitrogens with zero attached hydrogens (tertiary/aromatic N) is 5. The molecule has 0 aliphatic carbocycles. The van der Waals surface area contributed by atoms with E-state index >= 15 is 0 Å². The first-order chi connectivity index (χ1) is 9.76. The van der Waals surface area contributed by atoms with Crippen molar-refractivity contribution in [3.05, 3.63) is 11.6 Å². The Kier molecular flexibility index (Phi) is 3.20. The van der Waals surface area contributed by atoms with E-state index in [0.29, 0.717) is 5.95 Å². The van der Waals surface area contributed by atoms with Gasteiger partial charge in [0.25, 0.3) is 0 Å². The fraction of sp³-hybridized carbons (Fsp3) is 0.692. The molecule has 114 valence electrons. The predicted molar refractivity (Wildman–Crippen MR) is 77.3 cm³/mol. The summed E-state index contributed by atoms with van der Waals surface area (Å²) in [5.41, 5.74) is -0.302. The second-order valence-electron chi connectivity index (χ2n) is 6.75. The van der Waals surface area contributed by atoms with Crippen molar-refractivity contribution in [2.75, 3.05) is 31.1 Å². The molecule has 1 amide bonds. The third-order valence-electron chi connectivity index (χ3n) is 3.57. The van der Waals surface area contributed by atoms with Crippen LogP contribution in [0.4, 0.5) is 10.7 Å². The fourth-order valence-corrected chi connectivity index (χ4v) is 2.86. The summed E-state index contributed by atoms with van der Waals surface area (Å²) in [5.74, 6) is 0.594. The SMILES string of the molecule is CC(C)(C)OC(=O)N1CC2(C1)CN(c1ncnc(Cl)n1)C2. The van der Waals surface area contributed by atoms with Crippen LogP contribution in [0.15, 0.2) is 6.33 Å². The van der Waals surface area contributed by atoms with Crippen LogP contribution < -0.4 is 4.90 Å². The van der Waals surface area contributed by atoms with Gasteiger partial charge in [-0.25, -0.2) is 14.8 Å². The van der Waals surface area contributed by atoms with Crippen LogP contribution in [0.5, 0.6) is 0 Å². The van der Waals surface area contributed by atoms with Crippen LogP contribution in [0.2, 0.25) is 5.28 Å². The molecule has 3 heterocycles. The van der Waals surface area contributed by atoms with E-state index in [1.807, 2.05) is 25.7 Å². The van der Waals surface area contributed by atoms with E-state index in [-0.39, 0.29) is 16.8 Å². The molecule has 0 bridgehead atoms. The zero-order valence-electron chi connectivity index (χ0n) is 12.3. The van der Waals surface area contributed by atoms with Gasteiger partial charge in [-0.15, -0.1) is 0 Å². The molecule has 2 aliphatic rings. The summed E-state index contributed by atoms with van der Waals surface area (Å²) in [6.07, 6.45) is 1.17. The first-order valence-corrected chi connectivity index (χ1v) is 7.22. The molecule has 2 aliphatic heterocycles. The normalized spacial score (nSPS) is 20.0. The predicted octanol–water partition coefficient (Wildman–Crippen LogP) is 1.58. The van der Waals surface area contributed by atoms with Gasteiger partial charge in [-0.2, -0.15) is 4.98 Å². The molecule has 1 aromatic heterocycles. The van der Waals surface area contributed by atoms with Crippen molar-refractivity contribution < 1.29 is 9.53 Å². The molecule has 1 aromatic rings. The second-order valence-corrected chi connectivity index (χ2v) is 7.09. The minimum Gasteiger partial charge on any atom is -0.444 e. The smallest absolute Gasteiger partial charge is 0.410 e. The monoisotopic (exact) mass is 311 g/mol. The van der Waals surface area contributed by atoms with E-state index in [1.165, 1.54) is 6.33 Å². The first kappa shape index (κ1) is 14.3. The van der Waals surface area contributed by atoms with Crippen LogP contribution in [0.3, 0.4) is 0 Å². The Balaban J connectivity index is 1.51. The number of aromatic nitrogens is 3. The lowest BCUT2D eigenvalue weighted by Gasteiger charge is -2.59. The lowest BCUT2D eigenvalue weighted by Crippen LogP contribution is -2.73. The maximum absolute atomic E-state index is 11.9. The van der Waals surface area contributed by atoms with E-state index in [9.17, 15) is 4.79 Å². The Labute approximate surface area is 128 Å². The van der Waals surface area contributed by atoms with Gasteiger partial charge < -0.3 is 14.5 Å². The Hall–Kier alpha value is -1.63. The summed E-state index contributed by atoms with van der Waals surface area (Å²) in [4.78, 5) is 27.6. The maximum Gasteiger partial charge on any atom is 0.410 e. The summed E-state index contributed by atoms with van der Waals surface area (Å²) in [7, 11) is 0. The number of carbonyl (C=O) groups excluding carboxylic acids is 1. The molecule has 0 radical (unpaired) electrons. The Morgan fingerprint density at radius 1 is 1.29 bits per heavy atom. The Morgan fingerprint density at radius 3 is 2.52 bits per heavy atom. The average Bonchev–Trinajstić information content (AvgIpc) is 2.22. The van der Waals surface area contributed by atoms with E-state index in [0.717, 1.165) is 26.2 Å². The van der Waals surface area contributed by atoms with Gasteiger partial charge in [-0.05, 0) is 32.4 Å². The molecule has 0 atom stereocenters. The first-order valence-electron chi connectivity index (χ1n) is 6.84. The quantitative estimate of drug-likeness (QED) is 0.784. The summed E-state index contributed by atoms with van der Waals surface area (Å²) >= 11 is 5.76. The molecular formula is C13H18ClN5O2. The summed E-state index contributed by atoms with van der Waals surface area (Å²) < 4.78 is 5.35. The molecular weight excluding hydrogens is 294 g/mol. The van der Waals surface area contributed by atoms with Gasteiger partial charge in [0.2, 0.25) is 11.2 Å². The number of ether oxygens (including phenoxy) is 1. The molecule has 0 aromatic carbocycles. The fourth-order valence-electron chi connectivity index (χ4n) is 2.74. The number of amides is 1. The molecule has 7 nitrogen and oxygen atoms in total. The van der Waals surface area contributed by atoms with Crippen molar-refractivity contribution in [3.63, 3.8) is 0 Å². The van der Waals surface area contributed by atoms with Gasteiger partial charge in [0.05, 0.1) is 0 Å². The Bertz CT molecular complexity index is 560. The Morgan fingerprint density at radius 2 is 1.95 bits per heavy atom. The second kappa shape index (κ2) is 4.69. The molecule has 3 rings (SSSR count). The van der Waals surface area contributed by atoms with Crippen molar-refractivity contribution in [1.29, 1.82) is 0 Å². The zero-order valence-corrected chi connectivity index (χ0v) is 13.1. The van der Waals surface area contributed by atoms with Crippen LogP contribution in [-0.2, 0) is 4.74 Å². The summed E-state index contributed by atoms with van der Waals surface area (Å²) in [5, 5.41) is 0.199. The summed E-state index contributed by atoms with van der Waals surface area (Å²) in [6, 6.07) is 0. The van der Waals surface area contributed by atoms with Crippen LogP contribution >= 0.6 is 11.6 Å². The number of hydrogen-bond donors (Lipinski definition) is 0. The largest absolute Gasteiger partial charge is 0.444 e. The van der Waals surface area contributed by atoms with Crippen LogP contribution in [-0.4, -0.2) is 57.7 Å². The summed E-state index contributed by atoms with van der Waals surface area (Å²) in [6.45, 7) is 8.70. The van der Waals surface area contributed by atoms with Gasteiger partial charge in [0, 0.05) is 31.6 Å². The standard InChI is InChI=1S/C13H18ClN5O2/c1-12(2,3)21-11(20)19-6-13(7-19)4-18(5-13)10-16-8-15-9(14)17-10/h8H,4-7H2,1-3H3. The zero-order chi connectivity index (χ0) is 15.3. The molecule has 0 N–H and O–H groups in total. The number of halogens is 1. The minimum atomic E-state index is -0.451. The molecule has 8 heteroatoms. The molecule has 0 unspecified atom stereocenters. The molecule has 0 saturated carbocycles. The van der Waals surface area contributed by atoms with Gasteiger partial charge in [-0.3, -0.25) is 0 Å². The lowest BCUT2D eigenvalue weighted by molar-refractivity contribution is -0.0456. The number of hydrogen-bond acceptors (Lipinski definition) is 6. The van der Waals surface area contributed by atoms with Crippen molar-refractivity contribution >= 4 is 23.6 Å². The third kappa shape index (κ3) is 2.88. The highest BCUT2D eigenvalue weighted by Gasteiger charge is 2.54. The number of anilines is 1. The number of rotatable bonds is 1. The molecule has 1 spiro atoms. The molecule has 2 saturated heterocycles. The minimum absolute atomic E-state index is 0.149. The average molecular weight is 312 g/mol. The van der Waals surface area contributed by atoms with Crippen molar-refractivity contribution in [2.45, 2.75) is 26.4 Å². The van der Waals surface area contributed by atoms with Crippen LogP contribution in [0.25, 0.3) is 0 Å². The maximum atomic E-state index is 11.9. The van der Waals surface area contributed by atoms with Crippen molar-refractivity contribution in [2.24, 2.45) is 5.41 Å². The van der Waals surface area contributed by atoms with E-state index in [1.54, 1.807) is 4.90 Å². The van der Waals surface area contributed by atoms with Gasteiger partial charge in [-0.1, -0.05) is 0 Å². The van der Waals surface area contributed by atoms with Crippen LogP contribution in [0, 0.1) is 5.41 Å². The lowest BCUT2D eigenvalue weighted by atomic mass is 9.73. The van der Waals surface area contributed by atoms with E-state index in [2.05, 4.69) is 15.0 Å². The molecule has 21 heavy (non-hydrogen) atoms. The topological polar surface area (TPSA) is 71.5 Å². The van der Waals surface area contributed by atoms with E-state index in [4.69, 9.17) is 16.3 Å². The number of likely N-dealkylation sites (tertiary alicyclic amines) is 1. The number of carbonyl (C=O) groups is 1. The van der Waals surface area contributed by atoms with E-state index < -0.39 is 5.60 Å². The van der Waals surface area contributed by atoms with Gasteiger partial charge in [0.1, 0.15) is 11.9 Å².